The summed E-state index contributed by atoms with van der Waals surface area (Å²) in [5.41, 5.74) is 1.09. The highest BCUT2D eigenvalue weighted by molar-refractivity contribution is 7.15. The van der Waals surface area contributed by atoms with E-state index >= 15 is 0 Å². The SMILES string of the molecule is COc1ccc(C(=O)Nc2nnc(CN3C(=O)c4ccccc4C3=O)s2)cc1OC. The van der Waals surface area contributed by atoms with Crippen molar-refractivity contribution in [3.8, 4) is 11.5 Å². The molecule has 9 nitrogen and oxygen atoms in total. The lowest BCUT2D eigenvalue weighted by Crippen LogP contribution is -2.29. The molecule has 0 atom stereocenters. The van der Waals surface area contributed by atoms with Crippen LogP contribution in [0, 0.1) is 0 Å². The Hall–Kier alpha value is -3.79. The monoisotopic (exact) mass is 424 g/mol. The third kappa shape index (κ3) is 3.48. The van der Waals surface area contributed by atoms with Crippen LogP contribution in [0.2, 0.25) is 0 Å². The maximum absolute atomic E-state index is 12.5. The molecule has 0 saturated carbocycles. The largest absolute Gasteiger partial charge is 0.493 e. The normalized spacial score (nSPS) is 12.7. The van der Waals surface area contributed by atoms with Crippen LogP contribution in [0.15, 0.2) is 42.5 Å². The van der Waals surface area contributed by atoms with Gasteiger partial charge >= 0.3 is 0 Å². The summed E-state index contributed by atoms with van der Waals surface area (Å²) in [6.45, 7) is -0.0176. The zero-order valence-corrected chi connectivity index (χ0v) is 16.9. The molecule has 0 bridgehead atoms. The second-order valence-corrected chi connectivity index (χ2v) is 7.33. The number of fused-ring (bicyclic) bond motifs is 1. The Balaban J connectivity index is 1.46. The fourth-order valence-electron chi connectivity index (χ4n) is 3.03. The van der Waals surface area contributed by atoms with E-state index in [1.807, 2.05) is 0 Å². The number of methoxy groups -OCH3 is 2. The minimum absolute atomic E-state index is 0.0176. The van der Waals surface area contributed by atoms with Crippen LogP contribution in [0.3, 0.4) is 0 Å². The van der Waals surface area contributed by atoms with E-state index in [2.05, 4.69) is 15.5 Å². The van der Waals surface area contributed by atoms with Gasteiger partial charge in [-0.2, -0.15) is 0 Å². The van der Waals surface area contributed by atoms with Crippen molar-refractivity contribution < 1.29 is 23.9 Å². The van der Waals surface area contributed by atoms with Gasteiger partial charge in [-0.15, -0.1) is 10.2 Å². The van der Waals surface area contributed by atoms with Crippen molar-refractivity contribution in [3.05, 3.63) is 64.2 Å². The van der Waals surface area contributed by atoms with Crippen LogP contribution in [-0.2, 0) is 6.54 Å². The summed E-state index contributed by atoms with van der Waals surface area (Å²) in [4.78, 5) is 38.5. The predicted molar refractivity (Wildman–Crippen MR) is 108 cm³/mol. The lowest BCUT2D eigenvalue weighted by molar-refractivity contribution is 0.0641. The van der Waals surface area contributed by atoms with Crippen molar-refractivity contribution in [1.82, 2.24) is 15.1 Å². The average Bonchev–Trinajstić information content (AvgIpc) is 3.31. The molecule has 1 aromatic heterocycles. The standard InChI is InChI=1S/C20H16N4O5S/c1-28-14-8-7-11(9-15(14)29-2)17(25)21-20-23-22-16(30-20)10-24-18(26)12-5-3-4-6-13(12)19(24)27/h3-9H,10H2,1-2H3,(H,21,23,25). The summed E-state index contributed by atoms with van der Waals surface area (Å²) in [5.74, 6) is -0.218. The second-order valence-electron chi connectivity index (χ2n) is 6.27. The van der Waals surface area contributed by atoms with E-state index in [1.165, 1.54) is 14.2 Å². The number of rotatable bonds is 6. The maximum Gasteiger partial charge on any atom is 0.261 e. The number of imide groups is 1. The molecule has 0 radical (unpaired) electrons. The molecule has 3 amide bonds. The van der Waals surface area contributed by atoms with Gasteiger partial charge in [0.15, 0.2) is 11.5 Å². The van der Waals surface area contributed by atoms with Crippen molar-refractivity contribution in [3.63, 3.8) is 0 Å². The fraction of sp³-hybridized carbons (Fsp3) is 0.150. The molecular formula is C20H16N4O5S. The number of carbonyl (C=O) groups excluding carboxylic acids is 3. The summed E-state index contributed by atoms with van der Waals surface area (Å²) in [7, 11) is 2.99. The Labute approximate surface area is 175 Å². The highest BCUT2D eigenvalue weighted by Gasteiger charge is 2.35. The van der Waals surface area contributed by atoms with Crippen LogP contribution in [0.25, 0.3) is 0 Å². The lowest BCUT2D eigenvalue weighted by atomic mass is 10.1. The van der Waals surface area contributed by atoms with Crippen molar-refractivity contribution in [2.24, 2.45) is 0 Å². The molecule has 3 aromatic rings. The van der Waals surface area contributed by atoms with E-state index in [-0.39, 0.29) is 23.5 Å². The minimum atomic E-state index is -0.403. The first kappa shape index (κ1) is 19.5. The van der Waals surface area contributed by atoms with Gasteiger partial charge in [0.2, 0.25) is 5.13 Å². The number of hydrogen-bond donors (Lipinski definition) is 1. The summed E-state index contributed by atoms with van der Waals surface area (Å²) in [6, 6.07) is 11.4. The Morgan fingerprint density at radius 1 is 1.00 bits per heavy atom. The summed E-state index contributed by atoms with van der Waals surface area (Å²) in [5, 5.41) is 11.2. The van der Waals surface area contributed by atoms with Crippen molar-refractivity contribution >= 4 is 34.2 Å². The molecule has 1 N–H and O–H groups in total. The first-order valence-electron chi connectivity index (χ1n) is 8.82. The Morgan fingerprint density at radius 2 is 1.67 bits per heavy atom. The molecule has 4 rings (SSSR count). The smallest absolute Gasteiger partial charge is 0.261 e. The highest BCUT2D eigenvalue weighted by atomic mass is 32.1. The fourth-order valence-corrected chi connectivity index (χ4v) is 3.76. The van der Waals surface area contributed by atoms with Crippen LogP contribution >= 0.6 is 11.3 Å². The van der Waals surface area contributed by atoms with Gasteiger partial charge in [0.1, 0.15) is 5.01 Å². The molecule has 1 aliphatic heterocycles. The number of carbonyl (C=O) groups is 3. The molecule has 30 heavy (non-hydrogen) atoms. The molecule has 152 valence electrons. The van der Waals surface area contributed by atoms with Gasteiger partial charge in [0.05, 0.1) is 31.9 Å². The van der Waals surface area contributed by atoms with Gasteiger partial charge in [0.25, 0.3) is 17.7 Å². The van der Waals surface area contributed by atoms with Crippen LogP contribution in [0.5, 0.6) is 11.5 Å². The van der Waals surface area contributed by atoms with E-state index in [4.69, 9.17) is 9.47 Å². The van der Waals surface area contributed by atoms with Gasteiger partial charge < -0.3 is 9.47 Å². The van der Waals surface area contributed by atoms with Gasteiger partial charge in [0, 0.05) is 5.56 Å². The van der Waals surface area contributed by atoms with E-state index < -0.39 is 5.91 Å². The van der Waals surface area contributed by atoms with Gasteiger partial charge in [-0.1, -0.05) is 23.5 Å². The minimum Gasteiger partial charge on any atom is -0.493 e. The van der Waals surface area contributed by atoms with Gasteiger partial charge in [-0.25, -0.2) is 0 Å². The quantitative estimate of drug-likeness (QED) is 0.606. The Bertz CT molecular complexity index is 1120. The number of amides is 3. The molecule has 0 saturated heterocycles. The topological polar surface area (TPSA) is 111 Å². The number of hydrogen-bond acceptors (Lipinski definition) is 8. The molecule has 0 aliphatic carbocycles. The highest BCUT2D eigenvalue weighted by Crippen LogP contribution is 2.29. The molecule has 0 unspecified atom stereocenters. The van der Waals surface area contributed by atoms with Crippen LogP contribution < -0.4 is 14.8 Å². The van der Waals surface area contributed by atoms with Crippen molar-refractivity contribution in [2.45, 2.75) is 6.54 Å². The lowest BCUT2D eigenvalue weighted by Gasteiger charge is -2.10. The second kappa shape index (κ2) is 7.91. The summed E-state index contributed by atoms with van der Waals surface area (Å²) < 4.78 is 10.4. The maximum atomic E-state index is 12.5. The predicted octanol–water partition coefficient (Wildman–Crippen LogP) is 2.60. The molecule has 0 spiro atoms. The third-order valence-corrected chi connectivity index (χ3v) is 5.33. The first-order chi connectivity index (χ1) is 14.5. The van der Waals surface area contributed by atoms with Crippen molar-refractivity contribution in [1.29, 1.82) is 0 Å². The van der Waals surface area contributed by atoms with Crippen LogP contribution in [-0.4, -0.2) is 47.0 Å². The molecule has 2 aromatic carbocycles. The number of benzene rings is 2. The molecule has 0 fully saturated rings. The molecular weight excluding hydrogens is 408 g/mol. The first-order valence-corrected chi connectivity index (χ1v) is 9.64. The molecule has 2 heterocycles. The zero-order chi connectivity index (χ0) is 21.3. The number of aromatic nitrogens is 2. The van der Waals surface area contributed by atoms with E-state index in [9.17, 15) is 14.4 Å². The Morgan fingerprint density at radius 3 is 2.30 bits per heavy atom. The zero-order valence-electron chi connectivity index (χ0n) is 16.0. The summed E-state index contributed by atoms with van der Waals surface area (Å²) in [6.07, 6.45) is 0. The van der Waals surface area contributed by atoms with Crippen molar-refractivity contribution in [2.75, 3.05) is 19.5 Å². The summed E-state index contributed by atoms with van der Waals surface area (Å²) >= 11 is 1.09. The van der Waals surface area contributed by atoms with E-state index in [0.717, 1.165) is 16.2 Å². The van der Waals surface area contributed by atoms with Crippen LogP contribution in [0.4, 0.5) is 5.13 Å². The van der Waals surface area contributed by atoms with Gasteiger partial charge in [-0.05, 0) is 30.3 Å². The van der Waals surface area contributed by atoms with Gasteiger partial charge in [-0.3, -0.25) is 24.6 Å². The van der Waals surface area contributed by atoms with E-state index in [1.54, 1.807) is 42.5 Å². The Kier molecular flexibility index (Phi) is 5.15. The van der Waals surface area contributed by atoms with Crippen LogP contribution in [0.1, 0.15) is 36.1 Å². The average molecular weight is 424 g/mol. The number of nitrogens with zero attached hydrogens (tertiary/aromatic N) is 3. The number of nitrogens with one attached hydrogen (secondary N) is 1. The third-order valence-electron chi connectivity index (χ3n) is 4.50. The molecule has 10 heteroatoms. The number of anilines is 1. The van der Waals surface area contributed by atoms with E-state index in [0.29, 0.717) is 33.2 Å². The number of ether oxygens (including phenoxy) is 2. The molecule has 1 aliphatic rings.